The van der Waals surface area contributed by atoms with Crippen LogP contribution in [0.5, 0.6) is 0 Å². The molecule has 0 saturated heterocycles. The van der Waals surface area contributed by atoms with Crippen LogP contribution in [-0.4, -0.2) is 19.3 Å². The molecule has 0 rings (SSSR count). The van der Waals surface area contributed by atoms with E-state index in [0.717, 1.165) is 26.1 Å². The monoisotopic (exact) mass is 166 g/mol. The van der Waals surface area contributed by atoms with Crippen LogP contribution in [0.25, 0.3) is 0 Å². The van der Waals surface area contributed by atoms with Gasteiger partial charge in [0.05, 0.1) is 0 Å². The molecule has 0 aliphatic carbocycles. The van der Waals surface area contributed by atoms with E-state index in [9.17, 15) is 0 Å². The van der Waals surface area contributed by atoms with Crippen molar-refractivity contribution in [3.8, 4) is 0 Å². The van der Waals surface area contributed by atoms with Gasteiger partial charge in [-0.2, -0.15) is 6.61 Å². The normalized spacial score (nSPS) is 12.2. The van der Waals surface area contributed by atoms with Gasteiger partial charge in [-0.1, -0.05) is 19.8 Å². The number of rotatable bonds is 7. The largest absolute Gasteiger partial charge is 1.00 e. The predicted octanol–water partition coefficient (Wildman–Crippen LogP) is -0.606. The predicted molar refractivity (Wildman–Crippen MR) is 46.2 cm³/mol. The molecule has 0 aliphatic heterocycles. The van der Waals surface area contributed by atoms with Gasteiger partial charge in [0.1, 0.15) is 0 Å². The van der Waals surface area contributed by atoms with Crippen molar-refractivity contribution in [3.63, 3.8) is 0 Å². The Bertz CT molecular complexity index is 72.9. The second-order valence-corrected chi connectivity index (χ2v) is 2.37. The second kappa shape index (κ2) is 11.5. The van der Waals surface area contributed by atoms with E-state index in [1.165, 1.54) is 0 Å². The van der Waals surface area contributed by atoms with E-state index in [1.807, 2.05) is 13.8 Å². The minimum absolute atomic E-state index is 0. The molecule has 0 aromatic rings. The van der Waals surface area contributed by atoms with Gasteiger partial charge in [-0.25, -0.2) is 0 Å². The van der Waals surface area contributed by atoms with Crippen LogP contribution in [0.2, 0.25) is 0 Å². The summed E-state index contributed by atoms with van der Waals surface area (Å²) in [5.41, 5.74) is 0. The van der Waals surface area contributed by atoms with E-state index in [4.69, 9.17) is 9.47 Å². The minimum Gasteiger partial charge on any atom is -0.550 e. The topological polar surface area (TPSA) is 18.5 Å². The van der Waals surface area contributed by atoms with Gasteiger partial charge in [-0.3, -0.25) is 0 Å². The maximum absolute atomic E-state index is 5.40. The Morgan fingerprint density at radius 2 is 1.83 bits per heavy atom. The van der Waals surface area contributed by atoms with Gasteiger partial charge in [0, 0.05) is 13.2 Å². The van der Waals surface area contributed by atoms with Gasteiger partial charge in [0.25, 0.3) is 0 Å². The zero-order valence-electron chi connectivity index (χ0n) is 8.80. The molecule has 1 atom stereocenters. The molecule has 0 fully saturated rings. The van der Waals surface area contributed by atoms with Crippen molar-refractivity contribution in [1.82, 2.24) is 0 Å². The molecule has 0 radical (unpaired) electrons. The molecular formula is C9H19LiO2. The van der Waals surface area contributed by atoms with Gasteiger partial charge in [-0.15, -0.1) is 0 Å². The smallest absolute Gasteiger partial charge is 0.550 e. The molecule has 0 aromatic carbocycles. The van der Waals surface area contributed by atoms with Crippen LogP contribution in [0.15, 0.2) is 0 Å². The van der Waals surface area contributed by atoms with Gasteiger partial charge < -0.3 is 9.47 Å². The first-order valence-electron chi connectivity index (χ1n) is 4.41. The average Bonchev–Trinajstić information content (AvgIpc) is 2.01. The molecule has 68 valence electrons. The third-order valence-electron chi connectivity index (χ3n) is 1.37. The number of hydrogen-bond donors (Lipinski definition) is 0. The van der Waals surface area contributed by atoms with Crippen molar-refractivity contribution in [3.05, 3.63) is 6.61 Å². The van der Waals surface area contributed by atoms with Crippen molar-refractivity contribution in [1.29, 1.82) is 0 Å². The molecule has 0 aliphatic rings. The third kappa shape index (κ3) is 8.61. The molecule has 0 amide bonds. The fraction of sp³-hybridized carbons (Fsp3) is 0.889. The Kier molecular flexibility index (Phi) is 14.4. The average molecular weight is 166 g/mol. The summed E-state index contributed by atoms with van der Waals surface area (Å²) in [6.07, 6.45) is 2.37. The van der Waals surface area contributed by atoms with Crippen molar-refractivity contribution >= 4 is 0 Å². The summed E-state index contributed by atoms with van der Waals surface area (Å²) < 4.78 is 10.6. The maximum Gasteiger partial charge on any atom is 1.00 e. The van der Waals surface area contributed by atoms with Gasteiger partial charge in [0.15, 0.2) is 0 Å². The maximum atomic E-state index is 5.40. The first kappa shape index (κ1) is 15.0. The first-order chi connectivity index (χ1) is 5.35. The Morgan fingerprint density at radius 1 is 1.17 bits per heavy atom. The van der Waals surface area contributed by atoms with Crippen molar-refractivity contribution in [2.75, 3.05) is 13.2 Å². The summed E-state index contributed by atoms with van der Waals surface area (Å²) in [6.45, 7) is 9.41. The summed E-state index contributed by atoms with van der Waals surface area (Å²) in [7, 11) is 0. The molecule has 0 bridgehead atoms. The van der Waals surface area contributed by atoms with Crippen LogP contribution in [0, 0.1) is 6.61 Å². The molecule has 12 heavy (non-hydrogen) atoms. The van der Waals surface area contributed by atoms with E-state index < -0.39 is 0 Å². The van der Waals surface area contributed by atoms with Crippen LogP contribution >= 0.6 is 0 Å². The van der Waals surface area contributed by atoms with Crippen molar-refractivity contribution in [2.45, 2.75) is 39.7 Å². The Hall–Kier alpha value is 0.517. The summed E-state index contributed by atoms with van der Waals surface area (Å²) in [5, 5.41) is 0. The zero-order chi connectivity index (χ0) is 8.53. The summed E-state index contributed by atoms with van der Waals surface area (Å²) in [6, 6.07) is 0. The van der Waals surface area contributed by atoms with Gasteiger partial charge in [0.2, 0.25) is 0 Å². The van der Waals surface area contributed by atoms with E-state index in [1.54, 1.807) is 6.61 Å². The summed E-state index contributed by atoms with van der Waals surface area (Å²) >= 11 is 0. The van der Waals surface area contributed by atoms with Crippen LogP contribution in [0.4, 0.5) is 0 Å². The third-order valence-corrected chi connectivity index (χ3v) is 1.37. The number of hydrogen-bond acceptors (Lipinski definition) is 2. The molecule has 0 N–H and O–H groups in total. The molecular weight excluding hydrogens is 147 g/mol. The van der Waals surface area contributed by atoms with Gasteiger partial charge in [-0.05, 0) is 20.0 Å². The van der Waals surface area contributed by atoms with Gasteiger partial charge >= 0.3 is 18.9 Å². The van der Waals surface area contributed by atoms with Crippen LogP contribution < -0.4 is 18.9 Å². The molecule has 0 spiro atoms. The molecule has 0 aromatic heterocycles. The van der Waals surface area contributed by atoms with E-state index in [2.05, 4.69) is 6.92 Å². The summed E-state index contributed by atoms with van der Waals surface area (Å²) in [5.74, 6) is 0. The standard InChI is InChI=1S/C9H19O2.Li/c1-4-7-9(11-6-3)8-10-5-2;/h8-9H,4-7H2,1-3H3;/q-1;+1. The van der Waals surface area contributed by atoms with Crippen LogP contribution in [-0.2, 0) is 9.47 Å². The van der Waals surface area contributed by atoms with Crippen molar-refractivity contribution in [2.24, 2.45) is 0 Å². The van der Waals surface area contributed by atoms with E-state index in [-0.39, 0.29) is 25.0 Å². The minimum atomic E-state index is 0. The van der Waals surface area contributed by atoms with E-state index in [0.29, 0.717) is 0 Å². The first-order valence-corrected chi connectivity index (χ1v) is 4.41. The zero-order valence-corrected chi connectivity index (χ0v) is 8.80. The second-order valence-electron chi connectivity index (χ2n) is 2.37. The Balaban J connectivity index is 0. The molecule has 3 heteroatoms. The fourth-order valence-electron chi connectivity index (χ4n) is 0.893. The van der Waals surface area contributed by atoms with E-state index >= 15 is 0 Å². The summed E-state index contributed by atoms with van der Waals surface area (Å²) in [4.78, 5) is 0. The molecule has 0 saturated carbocycles. The Labute approximate surface area is 88.2 Å². The van der Waals surface area contributed by atoms with Crippen LogP contribution in [0.3, 0.4) is 0 Å². The van der Waals surface area contributed by atoms with Crippen LogP contribution in [0.1, 0.15) is 33.6 Å². The van der Waals surface area contributed by atoms with Crippen molar-refractivity contribution < 1.29 is 28.3 Å². The Morgan fingerprint density at radius 3 is 2.25 bits per heavy atom. The quantitative estimate of drug-likeness (QED) is 0.371. The molecule has 1 unspecified atom stereocenters. The molecule has 0 heterocycles. The molecule has 2 nitrogen and oxygen atoms in total. The SMILES string of the molecule is CCCC([CH-]OCC)OCC.[Li+]. The number of ether oxygens (including phenoxy) is 2. The fourth-order valence-corrected chi connectivity index (χ4v) is 0.893.